The van der Waals surface area contributed by atoms with Gasteiger partial charge in [-0.25, -0.2) is 0 Å². The average Bonchev–Trinajstić information content (AvgIpc) is 3.21. The first-order chi connectivity index (χ1) is 29.4. The lowest BCUT2D eigenvalue weighted by Gasteiger charge is -2.71. The van der Waals surface area contributed by atoms with Crippen LogP contribution in [0.4, 0.5) is 0 Å². The average molecular weight is 897 g/mol. The number of allylic oxidation sites excluding steroid dienone is 2. The van der Waals surface area contributed by atoms with Crippen molar-refractivity contribution in [1.29, 1.82) is 0 Å². The molecule has 0 aromatic carbocycles. The van der Waals surface area contributed by atoms with E-state index in [0.717, 1.165) is 51.4 Å². The van der Waals surface area contributed by atoms with Crippen LogP contribution in [-0.4, -0.2) is 157 Å². The van der Waals surface area contributed by atoms with E-state index in [4.69, 9.17) is 28.4 Å². The Morgan fingerprint density at radius 1 is 0.714 bits per heavy atom. The number of carbonyl (C=O) groups is 1. The standard InChI is InChI=1S/C47H76O16/c1-22-30(50)33(53)37(63-38-34(54)31(51)25(49)21-58-38)40(59-22)62-36-32(52)26(20-48)60-39(35(36)55)61-29-12-13-44(6)27(43(29,4)5)11-14-46(8)28(44)10-9-23-24-19-42(2,3)15-17-47(24,41(56)57)18-16-45(23,46)7/h9,22,24-40,48-55H,10-21H2,1-8H3,(H,56,57)/t22-,24?,25+,26-,27?,28?,29?,30-,31+,32-,33-,34-,35-,36+,37-,38+,39+,40-,44?,45?,46?,47?/m1/s1. The van der Waals surface area contributed by atoms with Gasteiger partial charge in [-0.15, -0.1) is 0 Å². The third-order valence-corrected chi connectivity index (χ3v) is 18.9. The van der Waals surface area contributed by atoms with E-state index in [0.29, 0.717) is 18.8 Å². The van der Waals surface area contributed by atoms with Gasteiger partial charge in [0.2, 0.25) is 0 Å². The molecule has 63 heavy (non-hydrogen) atoms. The van der Waals surface area contributed by atoms with Crippen molar-refractivity contribution in [1.82, 2.24) is 0 Å². The number of aliphatic hydroxyl groups excluding tert-OH is 8. The Hall–Kier alpha value is -1.35. The van der Waals surface area contributed by atoms with Gasteiger partial charge in [0.25, 0.3) is 0 Å². The molecule has 0 amide bonds. The molecule has 0 aromatic rings. The summed E-state index contributed by atoms with van der Waals surface area (Å²) in [5.41, 5.74) is 0.115. The van der Waals surface area contributed by atoms with Crippen LogP contribution in [0.15, 0.2) is 11.6 Å². The van der Waals surface area contributed by atoms with Crippen LogP contribution in [0.1, 0.15) is 120 Å². The molecule has 22 atom stereocenters. The Kier molecular flexibility index (Phi) is 12.8. The fraction of sp³-hybridized carbons (Fsp3) is 0.936. The molecular formula is C47H76O16. The summed E-state index contributed by atoms with van der Waals surface area (Å²) in [5, 5.41) is 97.1. The SMILES string of the molecule is C[C@H]1O[C@H](O[C@@H]2[C@@H](O)[C@H](OC3CCC4(C)C(CCC5(C)C4CC=C4C6CC(C)(C)CCC6(C(=O)O)CCC45C)C3(C)C)O[C@H](CO)[C@H]2O)[C@H](O[C@@H]2OC[C@H](O)[C@H](O)[C@H]2O)[C@H](O)[C@@H]1O. The summed E-state index contributed by atoms with van der Waals surface area (Å²) in [6, 6.07) is 0. The largest absolute Gasteiger partial charge is 0.481 e. The van der Waals surface area contributed by atoms with Crippen LogP contribution in [0.3, 0.4) is 0 Å². The molecule has 9 N–H and O–H groups in total. The van der Waals surface area contributed by atoms with Gasteiger partial charge in [0, 0.05) is 0 Å². The first kappa shape index (κ1) is 48.1. The third-order valence-electron chi connectivity index (χ3n) is 18.9. The molecule has 0 radical (unpaired) electrons. The van der Waals surface area contributed by atoms with E-state index in [1.54, 1.807) is 0 Å². The van der Waals surface area contributed by atoms with Crippen LogP contribution in [0, 0.1) is 50.2 Å². The summed E-state index contributed by atoms with van der Waals surface area (Å²) < 4.78 is 36.2. The molecule has 3 heterocycles. The molecule has 8 unspecified atom stereocenters. The zero-order valence-electron chi connectivity index (χ0n) is 38.3. The number of hydrogen-bond donors (Lipinski definition) is 9. The fourth-order valence-electron chi connectivity index (χ4n) is 14.8. The van der Waals surface area contributed by atoms with Gasteiger partial charge in [-0.05, 0) is 116 Å². The van der Waals surface area contributed by atoms with Crippen LogP contribution in [0.25, 0.3) is 0 Å². The van der Waals surface area contributed by atoms with Crippen molar-refractivity contribution in [2.24, 2.45) is 50.2 Å². The number of fused-ring (bicyclic) bond motifs is 7. The van der Waals surface area contributed by atoms with Gasteiger partial charge >= 0.3 is 5.97 Å². The van der Waals surface area contributed by atoms with Crippen molar-refractivity contribution in [2.75, 3.05) is 13.2 Å². The Balaban J connectivity index is 1.01. The van der Waals surface area contributed by atoms with E-state index >= 15 is 0 Å². The number of carboxylic acid groups (broad SMARTS) is 1. The van der Waals surface area contributed by atoms with Crippen molar-refractivity contribution < 1.29 is 79.2 Å². The molecule has 3 aliphatic heterocycles. The van der Waals surface area contributed by atoms with Crippen LogP contribution in [0.5, 0.6) is 0 Å². The summed E-state index contributed by atoms with van der Waals surface area (Å²) in [4.78, 5) is 13.1. The Morgan fingerprint density at radius 2 is 1.40 bits per heavy atom. The summed E-state index contributed by atoms with van der Waals surface area (Å²) in [6.45, 7) is 16.8. The zero-order valence-corrected chi connectivity index (χ0v) is 38.3. The van der Waals surface area contributed by atoms with Gasteiger partial charge in [-0.2, -0.15) is 0 Å². The van der Waals surface area contributed by atoms with Gasteiger partial charge in [0.05, 0.1) is 30.8 Å². The van der Waals surface area contributed by atoms with E-state index in [2.05, 4.69) is 54.5 Å². The van der Waals surface area contributed by atoms with Gasteiger partial charge < -0.3 is 74.4 Å². The Morgan fingerprint density at radius 3 is 2.08 bits per heavy atom. The maximum atomic E-state index is 13.1. The van der Waals surface area contributed by atoms with Crippen molar-refractivity contribution in [2.45, 2.75) is 212 Å². The minimum absolute atomic E-state index is 0.0309. The maximum Gasteiger partial charge on any atom is 0.310 e. The van der Waals surface area contributed by atoms with Crippen molar-refractivity contribution in [3.8, 4) is 0 Å². The van der Waals surface area contributed by atoms with Crippen molar-refractivity contribution >= 4 is 5.97 Å². The fourth-order valence-corrected chi connectivity index (χ4v) is 14.8. The van der Waals surface area contributed by atoms with Crippen molar-refractivity contribution in [3.05, 3.63) is 11.6 Å². The molecule has 5 aliphatic carbocycles. The monoisotopic (exact) mass is 897 g/mol. The molecular weight excluding hydrogens is 821 g/mol. The number of aliphatic hydroxyl groups is 8. The lowest BCUT2D eigenvalue weighted by molar-refractivity contribution is -0.385. The second kappa shape index (κ2) is 16.7. The normalized spacial score (nSPS) is 54.1. The minimum atomic E-state index is -1.74. The van der Waals surface area contributed by atoms with Gasteiger partial charge in [0.15, 0.2) is 18.9 Å². The highest BCUT2D eigenvalue weighted by molar-refractivity contribution is 5.76. The Bertz CT molecular complexity index is 1720. The quantitative estimate of drug-likeness (QED) is 0.125. The number of rotatable bonds is 8. The van der Waals surface area contributed by atoms with E-state index in [1.807, 2.05) is 0 Å². The van der Waals surface area contributed by atoms with E-state index in [9.17, 15) is 50.8 Å². The molecule has 0 aromatic heterocycles. The topological polar surface area (TPSA) is 255 Å². The van der Waals surface area contributed by atoms with Gasteiger partial charge in [-0.1, -0.05) is 60.1 Å². The molecule has 8 rings (SSSR count). The number of hydrogen-bond acceptors (Lipinski definition) is 15. The van der Waals surface area contributed by atoms with E-state index < -0.39 is 122 Å². The Labute approximate surface area is 371 Å². The second-order valence-corrected chi connectivity index (χ2v) is 23.0. The zero-order chi connectivity index (χ0) is 46.0. The number of ether oxygens (including phenoxy) is 6. The highest BCUT2D eigenvalue weighted by atomic mass is 16.8. The molecule has 0 bridgehead atoms. The molecule has 360 valence electrons. The lowest BCUT2D eigenvalue weighted by atomic mass is 9.33. The molecule has 7 fully saturated rings. The minimum Gasteiger partial charge on any atom is -0.481 e. The number of carboxylic acids is 1. The van der Waals surface area contributed by atoms with E-state index in [-0.39, 0.29) is 33.5 Å². The highest BCUT2D eigenvalue weighted by Gasteiger charge is 2.70. The summed E-state index contributed by atoms with van der Waals surface area (Å²) in [6.07, 6.45) is -10.5. The highest BCUT2D eigenvalue weighted by Crippen LogP contribution is 2.76. The predicted molar refractivity (Wildman–Crippen MR) is 223 cm³/mol. The van der Waals surface area contributed by atoms with Gasteiger partial charge in [0.1, 0.15) is 61.0 Å². The summed E-state index contributed by atoms with van der Waals surface area (Å²) >= 11 is 0. The molecule has 0 spiro atoms. The van der Waals surface area contributed by atoms with Crippen LogP contribution >= 0.6 is 0 Å². The third kappa shape index (κ3) is 7.51. The smallest absolute Gasteiger partial charge is 0.310 e. The molecule has 4 saturated carbocycles. The van der Waals surface area contributed by atoms with Crippen LogP contribution in [-0.2, 0) is 33.2 Å². The molecule has 8 aliphatic rings. The first-order valence-corrected chi connectivity index (χ1v) is 23.6. The van der Waals surface area contributed by atoms with Crippen molar-refractivity contribution in [3.63, 3.8) is 0 Å². The van der Waals surface area contributed by atoms with Crippen LogP contribution < -0.4 is 0 Å². The molecule has 16 heteroatoms. The number of aliphatic carboxylic acids is 1. The van der Waals surface area contributed by atoms with Gasteiger partial charge in [-0.3, -0.25) is 4.79 Å². The molecule has 3 saturated heterocycles. The van der Waals surface area contributed by atoms with Crippen LogP contribution in [0.2, 0.25) is 0 Å². The predicted octanol–water partition coefficient (Wildman–Crippen LogP) is 2.37. The van der Waals surface area contributed by atoms with E-state index in [1.165, 1.54) is 12.5 Å². The lowest BCUT2D eigenvalue weighted by Crippen LogP contribution is -2.67. The maximum absolute atomic E-state index is 13.1. The first-order valence-electron chi connectivity index (χ1n) is 23.6. The summed E-state index contributed by atoms with van der Waals surface area (Å²) in [5.74, 6) is -0.0297. The summed E-state index contributed by atoms with van der Waals surface area (Å²) in [7, 11) is 0. The second-order valence-electron chi connectivity index (χ2n) is 23.0. The molecule has 16 nitrogen and oxygen atoms in total.